The summed E-state index contributed by atoms with van der Waals surface area (Å²) in [5.41, 5.74) is 4.97. The van der Waals surface area contributed by atoms with E-state index in [9.17, 15) is 4.79 Å². The van der Waals surface area contributed by atoms with Crippen LogP contribution < -0.4 is 15.3 Å². The van der Waals surface area contributed by atoms with E-state index >= 15 is 0 Å². The zero-order valence-corrected chi connectivity index (χ0v) is 20.0. The third-order valence-corrected chi connectivity index (χ3v) is 6.84. The second kappa shape index (κ2) is 8.17. The second-order valence-corrected chi connectivity index (χ2v) is 9.41. The standard InChI is InChI=1S/C25H19Br2NO3/c1-15-18-8-10-23-20(13-28(14-30-23)22-9-7-17(26)12-21(22)27)24(18)31-25(29)19(15)11-16-5-3-2-4-6-16/h2-10,12H,11,13-14H2,1H3. The number of ether oxygens (including phenoxy) is 1. The fraction of sp³-hybridized carbons (Fsp3) is 0.160. The maximum absolute atomic E-state index is 13.0. The summed E-state index contributed by atoms with van der Waals surface area (Å²) < 4.78 is 13.9. The molecule has 31 heavy (non-hydrogen) atoms. The summed E-state index contributed by atoms with van der Waals surface area (Å²) in [7, 11) is 0. The Kier molecular flexibility index (Phi) is 5.36. The number of anilines is 1. The molecule has 156 valence electrons. The lowest BCUT2D eigenvalue weighted by atomic mass is 9.97. The number of hydrogen-bond acceptors (Lipinski definition) is 4. The number of fused-ring (bicyclic) bond motifs is 3. The van der Waals surface area contributed by atoms with Crippen molar-refractivity contribution >= 4 is 48.5 Å². The third kappa shape index (κ3) is 3.79. The van der Waals surface area contributed by atoms with Crippen molar-refractivity contribution in [3.05, 3.63) is 102 Å². The molecular weight excluding hydrogens is 522 g/mol. The van der Waals surface area contributed by atoms with E-state index in [2.05, 4.69) is 36.8 Å². The van der Waals surface area contributed by atoms with E-state index in [1.54, 1.807) is 0 Å². The first kappa shape index (κ1) is 20.3. The largest absolute Gasteiger partial charge is 0.473 e. The van der Waals surface area contributed by atoms with Crippen molar-refractivity contribution in [3.8, 4) is 5.75 Å². The lowest BCUT2D eigenvalue weighted by molar-refractivity contribution is 0.289. The Bertz CT molecular complexity index is 1350. The highest BCUT2D eigenvalue weighted by Crippen LogP contribution is 2.37. The van der Waals surface area contributed by atoms with Gasteiger partial charge in [0.15, 0.2) is 6.73 Å². The molecule has 3 aromatic carbocycles. The molecule has 0 aliphatic carbocycles. The van der Waals surface area contributed by atoms with E-state index in [0.717, 1.165) is 42.5 Å². The number of aryl methyl sites for hydroxylation is 1. The van der Waals surface area contributed by atoms with Crippen molar-refractivity contribution in [2.45, 2.75) is 19.9 Å². The molecule has 0 amide bonds. The molecule has 4 aromatic rings. The van der Waals surface area contributed by atoms with Crippen LogP contribution >= 0.6 is 31.9 Å². The number of halogens is 2. The molecule has 0 saturated heterocycles. The lowest BCUT2D eigenvalue weighted by Gasteiger charge is -2.31. The molecule has 0 radical (unpaired) electrons. The van der Waals surface area contributed by atoms with Gasteiger partial charge in [-0.25, -0.2) is 4.79 Å². The number of rotatable bonds is 3. The van der Waals surface area contributed by atoms with Crippen molar-refractivity contribution in [2.75, 3.05) is 11.6 Å². The smallest absolute Gasteiger partial charge is 0.340 e. The first-order valence-corrected chi connectivity index (χ1v) is 11.5. The molecular formula is C25H19Br2NO3. The number of nitrogens with zero attached hydrogens (tertiary/aromatic N) is 1. The van der Waals surface area contributed by atoms with Gasteiger partial charge in [0.25, 0.3) is 0 Å². The Morgan fingerprint density at radius 1 is 1.03 bits per heavy atom. The molecule has 0 fully saturated rings. The SMILES string of the molecule is Cc1c(Cc2ccccc2)c(=O)oc2c3c(ccc12)OCN(c1ccc(Br)cc1Br)C3. The highest BCUT2D eigenvalue weighted by Gasteiger charge is 2.24. The molecule has 4 nitrogen and oxygen atoms in total. The van der Waals surface area contributed by atoms with E-state index < -0.39 is 0 Å². The van der Waals surface area contributed by atoms with Crippen LogP contribution in [0.3, 0.4) is 0 Å². The number of benzene rings is 3. The van der Waals surface area contributed by atoms with E-state index in [0.29, 0.717) is 30.8 Å². The summed E-state index contributed by atoms with van der Waals surface area (Å²) >= 11 is 7.13. The minimum Gasteiger partial charge on any atom is -0.473 e. The predicted octanol–water partition coefficient (Wildman–Crippen LogP) is 6.57. The Labute approximate surface area is 196 Å². The average molecular weight is 541 g/mol. The van der Waals surface area contributed by atoms with E-state index in [1.807, 2.05) is 67.6 Å². The molecule has 1 aromatic heterocycles. The zero-order chi connectivity index (χ0) is 21.5. The Hall–Kier alpha value is -2.57. The molecule has 6 heteroatoms. The fourth-order valence-electron chi connectivity index (χ4n) is 4.06. The van der Waals surface area contributed by atoms with Crippen LogP contribution in [0, 0.1) is 6.92 Å². The van der Waals surface area contributed by atoms with Crippen LogP contribution in [0.4, 0.5) is 5.69 Å². The summed E-state index contributed by atoms with van der Waals surface area (Å²) in [5, 5.41) is 0.949. The molecule has 1 aliphatic heterocycles. The lowest BCUT2D eigenvalue weighted by Crippen LogP contribution is -2.32. The Balaban J connectivity index is 1.58. The van der Waals surface area contributed by atoms with Crippen LogP contribution in [0.5, 0.6) is 5.75 Å². The van der Waals surface area contributed by atoms with Crippen LogP contribution in [-0.4, -0.2) is 6.73 Å². The van der Waals surface area contributed by atoms with Crippen LogP contribution in [0.1, 0.15) is 22.3 Å². The van der Waals surface area contributed by atoms with Gasteiger partial charge >= 0.3 is 5.63 Å². The maximum Gasteiger partial charge on any atom is 0.340 e. The average Bonchev–Trinajstić information content (AvgIpc) is 2.77. The van der Waals surface area contributed by atoms with Crippen LogP contribution in [-0.2, 0) is 13.0 Å². The Morgan fingerprint density at radius 3 is 2.61 bits per heavy atom. The summed E-state index contributed by atoms with van der Waals surface area (Å²) in [6, 6.07) is 20.0. The highest BCUT2D eigenvalue weighted by molar-refractivity contribution is 9.11. The van der Waals surface area contributed by atoms with Crippen LogP contribution in [0.2, 0.25) is 0 Å². The van der Waals surface area contributed by atoms with E-state index in [4.69, 9.17) is 9.15 Å². The zero-order valence-electron chi connectivity index (χ0n) is 16.8. The second-order valence-electron chi connectivity index (χ2n) is 7.64. The molecule has 0 saturated carbocycles. The quantitative estimate of drug-likeness (QED) is 0.275. The molecule has 0 spiro atoms. The van der Waals surface area contributed by atoms with E-state index in [1.165, 1.54) is 0 Å². The van der Waals surface area contributed by atoms with Gasteiger partial charge < -0.3 is 14.1 Å². The van der Waals surface area contributed by atoms with Crippen molar-refractivity contribution in [1.29, 1.82) is 0 Å². The molecule has 0 unspecified atom stereocenters. The van der Waals surface area contributed by atoms with Gasteiger partial charge in [-0.05, 0) is 64.3 Å². The molecule has 5 rings (SSSR count). The van der Waals surface area contributed by atoms with Crippen LogP contribution in [0.25, 0.3) is 11.0 Å². The Morgan fingerprint density at radius 2 is 1.84 bits per heavy atom. The van der Waals surface area contributed by atoms with E-state index in [-0.39, 0.29) is 5.63 Å². The van der Waals surface area contributed by atoms with Crippen molar-refractivity contribution in [1.82, 2.24) is 0 Å². The van der Waals surface area contributed by atoms with Gasteiger partial charge in [-0.15, -0.1) is 0 Å². The van der Waals surface area contributed by atoms with Crippen LogP contribution in [0.15, 0.2) is 78.8 Å². The minimum atomic E-state index is -0.288. The summed E-state index contributed by atoms with van der Waals surface area (Å²) in [6.45, 7) is 3.01. The minimum absolute atomic E-state index is 0.288. The van der Waals surface area contributed by atoms with Crippen molar-refractivity contribution < 1.29 is 9.15 Å². The summed E-state index contributed by atoms with van der Waals surface area (Å²) in [5.74, 6) is 0.760. The normalized spacial score (nSPS) is 13.2. The molecule has 1 aliphatic rings. The van der Waals surface area contributed by atoms with Gasteiger partial charge in [-0.1, -0.05) is 46.3 Å². The third-order valence-electron chi connectivity index (χ3n) is 5.71. The monoisotopic (exact) mass is 539 g/mol. The molecule has 0 N–H and O–H groups in total. The van der Waals surface area contributed by atoms with Gasteiger partial charge in [-0.3, -0.25) is 0 Å². The molecule has 2 heterocycles. The van der Waals surface area contributed by atoms with Gasteiger partial charge in [0.1, 0.15) is 11.3 Å². The van der Waals surface area contributed by atoms with Crippen molar-refractivity contribution in [3.63, 3.8) is 0 Å². The van der Waals surface area contributed by atoms with Gasteiger partial charge in [0.05, 0.1) is 17.8 Å². The fourth-order valence-corrected chi connectivity index (χ4v) is 5.36. The topological polar surface area (TPSA) is 42.7 Å². The number of hydrogen-bond donors (Lipinski definition) is 0. The predicted molar refractivity (Wildman–Crippen MR) is 130 cm³/mol. The molecule has 0 bridgehead atoms. The molecule has 0 atom stereocenters. The van der Waals surface area contributed by atoms with Gasteiger partial charge in [0.2, 0.25) is 0 Å². The first-order valence-electron chi connectivity index (χ1n) is 9.96. The maximum atomic E-state index is 13.0. The van der Waals surface area contributed by atoms with Crippen molar-refractivity contribution in [2.24, 2.45) is 0 Å². The first-order chi connectivity index (χ1) is 15.0. The van der Waals surface area contributed by atoms with Gasteiger partial charge in [-0.2, -0.15) is 0 Å². The summed E-state index contributed by atoms with van der Waals surface area (Å²) in [4.78, 5) is 15.1. The highest BCUT2D eigenvalue weighted by atomic mass is 79.9. The summed E-state index contributed by atoms with van der Waals surface area (Å²) in [6.07, 6.45) is 0.552. The van der Waals surface area contributed by atoms with Gasteiger partial charge in [0, 0.05) is 26.3 Å².